The normalized spacial score (nSPS) is 13.3. The number of aliphatic hydroxyl groups is 2. The van der Waals surface area contributed by atoms with Crippen LogP contribution >= 0.6 is 0 Å². The van der Waals surface area contributed by atoms with E-state index in [1.54, 1.807) is 0 Å². The number of unbranched alkanes of at least 4 members (excludes halogenated alkanes) is 35. The van der Waals surface area contributed by atoms with Gasteiger partial charge in [0.25, 0.3) is 0 Å². The van der Waals surface area contributed by atoms with Crippen molar-refractivity contribution in [2.45, 2.75) is 322 Å². The minimum atomic E-state index is -0.786. The molecular weight excluding hydrogens is 779 g/mol. The molecule has 372 valence electrons. The van der Waals surface area contributed by atoms with Crippen LogP contribution in [0.15, 0.2) is 24.3 Å². The number of rotatable bonds is 51. The molecule has 0 aliphatic carbocycles. The molecule has 0 radical (unpaired) electrons. The molecule has 0 rings (SSSR count). The van der Waals surface area contributed by atoms with Crippen LogP contribution in [-0.4, -0.2) is 46.9 Å². The second-order valence-corrected chi connectivity index (χ2v) is 19.3. The van der Waals surface area contributed by atoms with Crippen LogP contribution in [-0.2, 0) is 14.3 Å². The van der Waals surface area contributed by atoms with Crippen molar-refractivity contribution in [3.05, 3.63) is 24.3 Å². The molecule has 0 bridgehead atoms. The summed E-state index contributed by atoms with van der Waals surface area (Å²) >= 11 is 0. The van der Waals surface area contributed by atoms with Gasteiger partial charge in [-0.05, 0) is 57.8 Å². The van der Waals surface area contributed by atoms with Gasteiger partial charge in [0.15, 0.2) is 0 Å². The van der Waals surface area contributed by atoms with Crippen LogP contribution in [0.2, 0.25) is 0 Å². The molecule has 6 heteroatoms. The summed E-state index contributed by atoms with van der Waals surface area (Å²) in [6.45, 7) is 6.49. The van der Waals surface area contributed by atoms with Gasteiger partial charge in [0.2, 0.25) is 5.91 Å². The summed E-state index contributed by atoms with van der Waals surface area (Å²) in [5.74, 6) is -0.463. The van der Waals surface area contributed by atoms with Gasteiger partial charge in [0.05, 0.1) is 25.2 Å². The first-order valence-corrected chi connectivity index (χ1v) is 28.1. The Hall–Kier alpha value is -1.66. The van der Waals surface area contributed by atoms with Crippen molar-refractivity contribution < 1.29 is 24.5 Å². The van der Waals surface area contributed by atoms with E-state index in [9.17, 15) is 19.8 Å². The van der Waals surface area contributed by atoms with Crippen LogP contribution in [0.5, 0.6) is 0 Å². The summed E-state index contributed by atoms with van der Waals surface area (Å²) in [6, 6.07) is -0.700. The molecule has 3 N–H and O–H groups in total. The molecule has 0 spiro atoms. The summed E-state index contributed by atoms with van der Waals surface area (Å²) in [5, 5.41) is 23.8. The lowest BCUT2D eigenvalue weighted by Crippen LogP contribution is -2.46. The minimum Gasteiger partial charge on any atom is -0.462 e. The average molecular weight is 889 g/mol. The number of nitrogens with one attached hydrogen (secondary N) is 1. The Morgan fingerprint density at radius 1 is 0.460 bits per heavy atom. The standard InChI is InChI=1S/C57H109NO5/c1-4-7-10-13-16-19-22-25-27-28-29-31-33-36-39-42-45-48-53(63-57(62)50-47-44-41-38-35-32-26-23-20-17-14-11-8-5-2)51-56(61)58-54(52-59)55(60)49-46-43-40-37-34-30-24-21-18-15-12-9-6-3/h16,19,25,27,53-55,59-60H,4-15,17-18,20-24,26,28-52H2,1-3H3,(H,58,61)/b19-16-,27-25-. The predicted molar refractivity (Wildman–Crippen MR) is 273 cm³/mol. The SMILES string of the molecule is CCCCC/C=C\C/C=C\CCCCCCCCCC(CC(=O)NC(CO)C(O)CCCCCCCCCCCCCCC)OC(=O)CCCCCCCCCCCCCCCC. The molecule has 0 aliphatic heterocycles. The van der Waals surface area contributed by atoms with Crippen molar-refractivity contribution in [2.75, 3.05) is 6.61 Å². The molecule has 0 heterocycles. The highest BCUT2D eigenvalue weighted by atomic mass is 16.5. The largest absolute Gasteiger partial charge is 0.462 e. The highest BCUT2D eigenvalue weighted by molar-refractivity contribution is 5.77. The van der Waals surface area contributed by atoms with Gasteiger partial charge >= 0.3 is 5.97 Å². The Labute approximate surface area is 392 Å². The predicted octanol–water partition coefficient (Wildman–Crippen LogP) is 17.1. The Morgan fingerprint density at radius 3 is 1.24 bits per heavy atom. The van der Waals surface area contributed by atoms with Crippen molar-refractivity contribution >= 4 is 11.9 Å². The number of esters is 1. The van der Waals surface area contributed by atoms with E-state index < -0.39 is 18.2 Å². The van der Waals surface area contributed by atoms with Gasteiger partial charge in [-0.2, -0.15) is 0 Å². The molecule has 0 aromatic heterocycles. The molecule has 3 unspecified atom stereocenters. The fourth-order valence-electron chi connectivity index (χ4n) is 8.76. The van der Waals surface area contributed by atoms with E-state index in [-0.39, 0.29) is 24.9 Å². The van der Waals surface area contributed by atoms with Gasteiger partial charge in [0, 0.05) is 6.42 Å². The van der Waals surface area contributed by atoms with Crippen molar-refractivity contribution in [1.82, 2.24) is 5.32 Å². The van der Waals surface area contributed by atoms with Crippen LogP contribution in [0.3, 0.4) is 0 Å². The average Bonchev–Trinajstić information content (AvgIpc) is 3.28. The third kappa shape index (κ3) is 46.7. The number of ether oxygens (including phenoxy) is 1. The van der Waals surface area contributed by atoms with Crippen LogP contribution in [0.1, 0.15) is 303 Å². The molecule has 0 saturated carbocycles. The fraction of sp³-hybridized carbons (Fsp3) is 0.895. The van der Waals surface area contributed by atoms with Gasteiger partial charge in [0.1, 0.15) is 6.10 Å². The van der Waals surface area contributed by atoms with E-state index in [4.69, 9.17) is 4.74 Å². The molecule has 0 aromatic carbocycles. The number of carbonyl (C=O) groups is 2. The molecule has 1 amide bonds. The van der Waals surface area contributed by atoms with Crippen molar-refractivity contribution in [1.29, 1.82) is 0 Å². The molecule has 0 fully saturated rings. The Kier molecular flexibility index (Phi) is 50.0. The van der Waals surface area contributed by atoms with E-state index in [0.717, 1.165) is 64.2 Å². The van der Waals surface area contributed by atoms with E-state index >= 15 is 0 Å². The Bertz CT molecular complexity index is 997. The Balaban J connectivity index is 4.55. The third-order valence-electron chi connectivity index (χ3n) is 13.0. The maximum atomic E-state index is 13.2. The lowest BCUT2D eigenvalue weighted by molar-refractivity contribution is -0.151. The summed E-state index contributed by atoms with van der Waals surface area (Å²) < 4.78 is 5.96. The summed E-state index contributed by atoms with van der Waals surface area (Å²) in [7, 11) is 0. The van der Waals surface area contributed by atoms with E-state index in [1.165, 1.54) is 193 Å². The number of hydrogen-bond acceptors (Lipinski definition) is 5. The molecule has 63 heavy (non-hydrogen) atoms. The zero-order valence-corrected chi connectivity index (χ0v) is 42.5. The zero-order chi connectivity index (χ0) is 45.9. The first-order valence-electron chi connectivity index (χ1n) is 28.1. The number of carbonyl (C=O) groups excluding carboxylic acids is 2. The lowest BCUT2D eigenvalue weighted by atomic mass is 10.0. The number of aliphatic hydroxyl groups excluding tert-OH is 2. The smallest absolute Gasteiger partial charge is 0.306 e. The second-order valence-electron chi connectivity index (χ2n) is 19.3. The summed E-state index contributed by atoms with van der Waals surface area (Å²) in [4.78, 5) is 26.2. The van der Waals surface area contributed by atoms with Crippen molar-refractivity contribution in [3.8, 4) is 0 Å². The van der Waals surface area contributed by atoms with E-state index in [1.807, 2.05) is 0 Å². The van der Waals surface area contributed by atoms with Gasteiger partial charge in [-0.25, -0.2) is 0 Å². The summed E-state index contributed by atoms with van der Waals surface area (Å²) in [6.07, 6.45) is 59.5. The monoisotopic (exact) mass is 888 g/mol. The van der Waals surface area contributed by atoms with E-state index in [0.29, 0.717) is 19.3 Å². The van der Waals surface area contributed by atoms with Crippen molar-refractivity contribution in [3.63, 3.8) is 0 Å². The maximum Gasteiger partial charge on any atom is 0.306 e. The molecule has 3 atom stereocenters. The van der Waals surface area contributed by atoms with Crippen LogP contribution in [0.4, 0.5) is 0 Å². The highest BCUT2D eigenvalue weighted by Gasteiger charge is 2.24. The topological polar surface area (TPSA) is 95.9 Å². The van der Waals surface area contributed by atoms with Gasteiger partial charge in [-0.1, -0.05) is 257 Å². The molecule has 0 aromatic rings. The van der Waals surface area contributed by atoms with Crippen LogP contribution < -0.4 is 5.32 Å². The van der Waals surface area contributed by atoms with Gasteiger partial charge < -0.3 is 20.3 Å². The van der Waals surface area contributed by atoms with Crippen LogP contribution in [0, 0.1) is 0 Å². The zero-order valence-electron chi connectivity index (χ0n) is 42.5. The number of amides is 1. The lowest BCUT2D eigenvalue weighted by Gasteiger charge is -2.24. The number of hydrogen-bond donors (Lipinski definition) is 3. The molecule has 6 nitrogen and oxygen atoms in total. The maximum absolute atomic E-state index is 13.2. The molecule has 0 saturated heterocycles. The first-order chi connectivity index (χ1) is 31.0. The van der Waals surface area contributed by atoms with Crippen LogP contribution in [0.25, 0.3) is 0 Å². The third-order valence-corrected chi connectivity index (χ3v) is 13.0. The summed E-state index contributed by atoms with van der Waals surface area (Å²) in [5.41, 5.74) is 0. The second kappa shape index (κ2) is 51.3. The quantitative estimate of drug-likeness (QED) is 0.0321. The van der Waals surface area contributed by atoms with Gasteiger partial charge in [-0.15, -0.1) is 0 Å². The molecule has 0 aliphatic rings. The van der Waals surface area contributed by atoms with Gasteiger partial charge in [-0.3, -0.25) is 9.59 Å². The first kappa shape index (κ1) is 61.3. The highest BCUT2D eigenvalue weighted by Crippen LogP contribution is 2.19. The fourth-order valence-corrected chi connectivity index (χ4v) is 8.76. The molecular formula is C57H109NO5. The van der Waals surface area contributed by atoms with Crippen molar-refractivity contribution in [2.24, 2.45) is 0 Å². The van der Waals surface area contributed by atoms with E-state index in [2.05, 4.69) is 50.4 Å². The minimum absolute atomic E-state index is 0.0780. The number of allylic oxidation sites excluding steroid dienone is 4. The Morgan fingerprint density at radius 2 is 0.810 bits per heavy atom.